The standard InChI is InChI=1S/C18H16N2O5S/c21-18(19-15-4-1-13-7-8-25-17(13)11-15)14-2-5-16(6-3-14)20-12-24-9-10-26(20,22)23/h1-8,11H,9-10,12H2,(H,19,21). The Hall–Kier alpha value is -2.84. The fourth-order valence-corrected chi connectivity index (χ4v) is 3.98. The molecule has 0 unspecified atom stereocenters. The number of carbonyl (C=O) groups is 1. The van der Waals surface area contributed by atoms with E-state index in [1.54, 1.807) is 42.7 Å². The van der Waals surface area contributed by atoms with Crippen LogP contribution in [0.25, 0.3) is 11.0 Å². The van der Waals surface area contributed by atoms with Crippen LogP contribution in [0.15, 0.2) is 59.2 Å². The third kappa shape index (κ3) is 3.16. The summed E-state index contributed by atoms with van der Waals surface area (Å²) in [5.74, 6) is -0.343. The van der Waals surface area contributed by atoms with E-state index in [9.17, 15) is 13.2 Å². The van der Waals surface area contributed by atoms with Crippen LogP contribution in [-0.2, 0) is 14.8 Å². The molecule has 4 rings (SSSR count). The quantitative estimate of drug-likeness (QED) is 0.764. The van der Waals surface area contributed by atoms with E-state index in [-0.39, 0.29) is 25.0 Å². The van der Waals surface area contributed by atoms with Gasteiger partial charge in [0, 0.05) is 22.7 Å². The lowest BCUT2D eigenvalue weighted by Crippen LogP contribution is -2.41. The predicted octanol–water partition coefficient (Wildman–Crippen LogP) is 2.81. The Labute approximate surface area is 150 Å². The molecule has 1 aliphatic rings. The average Bonchev–Trinajstić information content (AvgIpc) is 3.09. The van der Waals surface area contributed by atoms with E-state index in [1.807, 2.05) is 12.1 Å². The number of anilines is 2. The number of fused-ring (bicyclic) bond motifs is 1. The number of hydrogen-bond acceptors (Lipinski definition) is 5. The zero-order valence-electron chi connectivity index (χ0n) is 13.7. The van der Waals surface area contributed by atoms with Crippen molar-refractivity contribution in [3.8, 4) is 0 Å². The summed E-state index contributed by atoms with van der Waals surface area (Å²) in [6, 6.07) is 13.6. The zero-order valence-corrected chi connectivity index (χ0v) is 14.5. The summed E-state index contributed by atoms with van der Waals surface area (Å²) >= 11 is 0. The molecule has 2 aromatic carbocycles. The van der Waals surface area contributed by atoms with Crippen LogP contribution in [0, 0.1) is 0 Å². The Morgan fingerprint density at radius 3 is 2.65 bits per heavy atom. The number of benzene rings is 2. The molecule has 3 aromatic rings. The number of nitrogens with one attached hydrogen (secondary N) is 1. The Kier molecular flexibility index (Phi) is 4.14. The number of furan rings is 1. The van der Waals surface area contributed by atoms with Crippen LogP contribution in [0.3, 0.4) is 0 Å². The molecule has 1 fully saturated rings. The highest BCUT2D eigenvalue weighted by molar-refractivity contribution is 7.92. The molecule has 0 bridgehead atoms. The number of sulfonamides is 1. The zero-order chi connectivity index (χ0) is 18.1. The molecule has 134 valence electrons. The first-order valence-corrected chi connectivity index (χ1v) is 9.61. The Morgan fingerprint density at radius 2 is 1.88 bits per heavy atom. The van der Waals surface area contributed by atoms with Crippen LogP contribution in [0.4, 0.5) is 11.4 Å². The third-order valence-corrected chi connectivity index (χ3v) is 5.83. The van der Waals surface area contributed by atoms with Crippen molar-refractivity contribution in [1.29, 1.82) is 0 Å². The Morgan fingerprint density at radius 1 is 1.08 bits per heavy atom. The van der Waals surface area contributed by atoms with Gasteiger partial charge >= 0.3 is 0 Å². The van der Waals surface area contributed by atoms with Crippen LogP contribution >= 0.6 is 0 Å². The van der Waals surface area contributed by atoms with Gasteiger partial charge in [0.25, 0.3) is 5.91 Å². The van der Waals surface area contributed by atoms with E-state index < -0.39 is 10.0 Å². The molecule has 8 heteroatoms. The molecular formula is C18H16N2O5S. The van der Waals surface area contributed by atoms with Crippen molar-refractivity contribution in [3.63, 3.8) is 0 Å². The first kappa shape index (κ1) is 16.6. The monoisotopic (exact) mass is 372 g/mol. The van der Waals surface area contributed by atoms with E-state index in [0.717, 1.165) is 5.39 Å². The molecule has 2 heterocycles. The van der Waals surface area contributed by atoms with E-state index in [1.165, 1.54) is 4.31 Å². The lowest BCUT2D eigenvalue weighted by atomic mass is 10.2. The van der Waals surface area contributed by atoms with Crippen molar-refractivity contribution in [1.82, 2.24) is 0 Å². The number of hydrogen-bond donors (Lipinski definition) is 1. The molecule has 1 aromatic heterocycles. The Balaban J connectivity index is 1.51. The highest BCUT2D eigenvalue weighted by atomic mass is 32.2. The maximum absolute atomic E-state index is 12.4. The smallest absolute Gasteiger partial charge is 0.255 e. The highest BCUT2D eigenvalue weighted by Gasteiger charge is 2.26. The van der Waals surface area contributed by atoms with Crippen molar-refractivity contribution in [2.75, 3.05) is 28.7 Å². The topological polar surface area (TPSA) is 88.8 Å². The minimum Gasteiger partial charge on any atom is -0.464 e. The summed E-state index contributed by atoms with van der Waals surface area (Å²) in [6.45, 7) is 0.177. The van der Waals surface area contributed by atoms with Gasteiger partial charge in [-0.1, -0.05) is 0 Å². The van der Waals surface area contributed by atoms with Gasteiger partial charge < -0.3 is 14.5 Å². The summed E-state index contributed by atoms with van der Waals surface area (Å²) in [5.41, 5.74) is 2.20. The van der Waals surface area contributed by atoms with Gasteiger partial charge in [0.15, 0.2) is 0 Å². The SMILES string of the molecule is O=C(Nc1ccc2ccoc2c1)c1ccc(N2COCCS2(=O)=O)cc1. The highest BCUT2D eigenvalue weighted by Crippen LogP contribution is 2.23. The number of amides is 1. The minimum atomic E-state index is -3.38. The van der Waals surface area contributed by atoms with E-state index in [0.29, 0.717) is 22.5 Å². The maximum Gasteiger partial charge on any atom is 0.255 e. The Bertz CT molecular complexity index is 1060. The molecule has 1 saturated heterocycles. The molecular weight excluding hydrogens is 356 g/mol. The van der Waals surface area contributed by atoms with Gasteiger partial charge in [0.1, 0.15) is 12.3 Å². The van der Waals surface area contributed by atoms with Crippen LogP contribution in [0.1, 0.15) is 10.4 Å². The summed E-state index contributed by atoms with van der Waals surface area (Å²) in [4.78, 5) is 12.4. The number of carbonyl (C=O) groups excluding carboxylic acids is 1. The van der Waals surface area contributed by atoms with Crippen LogP contribution in [0.5, 0.6) is 0 Å². The summed E-state index contributed by atoms with van der Waals surface area (Å²) in [7, 11) is -3.38. The third-order valence-electron chi connectivity index (χ3n) is 4.16. The number of rotatable bonds is 3. The molecule has 7 nitrogen and oxygen atoms in total. The minimum absolute atomic E-state index is 0.0168. The van der Waals surface area contributed by atoms with Gasteiger partial charge in [-0.05, 0) is 42.5 Å². The molecule has 0 saturated carbocycles. The van der Waals surface area contributed by atoms with Crippen molar-refractivity contribution in [2.24, 2.45) is 0 Å². The second-order valence-electron chi connectivity index (χ2n) is 5.88. The van der Waals surface area contributed by atoms with Gasteiger partial charge in [-0.25, -0.2) is 12.7 Å². The molecule has 1 N–H and O–H groups in total. The van der Waals surface area contributed by atoms with Gasteiger partial charge in [0.2, 0.25) is 10.0 Å². The fourth-order valence-electron chi connectivity index (χ4n) is 2.75. The van der Waals surface area contributed by atoms with Gasteiger partial charge in [-0.15, -0.1) is 0 Å². The van der Waals surface area contributed by atoms with Crippen molar-refractivity contribution in [3.05, 3.63) is 60.4 Å². The fraction of sp³-hybridized carbons (Fsp3) is 0.167. The number of nitrogens with zero attached hydrogens (tertiary/aromatic N) is 1. The molecule has 0 spiro atoms. The normalized spacial score (nSPS) is 16.5. The predicted molar refractivity (Wildman–Crippen MR) is 97.7 cm³/mol. The maximum atomic E-state index is 12.4. The van der Waals surface area contributed by atoms with Crippen molar-refractivity contribution in [2.45, 2.75) is 0 Å². The second-order valence-corrected chi connectivity index (χ2v) is 7.89. The van der Waals surface area contributed by atoms with E-state index >= 15 is 0 Å². The van der Waals surface area contributed by atoms with Crippen LogP contribution in [0.2, 0.25) is 0 Å². The molecule has 1 amide bonds. The number of ether oxygens (including phenoxy) is 1. The largest absolute Gasteiger partial charge is 0.464 e. The van der Waals surface area contributed by atoms with Gasteiger partial charge in [-0.2, -0.15) is 0 Å². The van der Waals surface area contributed by atoms with Crippen LogP contribution < -0.4 is 9.62 Å². The van der Waals surface area contributed by atoms with E-state index in [4.69, 9.17) is 9.15 Å². The molecule has 0 atom stereocenters. The summed E-state index contributed by atoms with van der Waals surface area (Å²) in [6.07, 6.45) is 1.59. The summed E-state index contributed by atoms with van der Waals surface area (Å²) < 4.78 is 35.9. The summed E-state index contributed by atoms with van der Waals surface area (Å²) in [5, 5.41) is 3.76. The molecule has 0 aliphatic carbocycles. The molecule has 0 radical (unpaired) electrons. The lowest BCUT2D eigenvalue weighted by Gasteiger charge is -2.28. The second kappa shape index (κ2) is 6.47. The van der Waals surface area contributed by atoms with Gasteiger partial charge in [-0.3, -0.25) is 4.79 Å². The average molecular weight is 372 g/mol. The molecule has 1 aliphatic heterocycles. The van der Waals surface area contributed by atoms with Crippen molar-refractivity contribution < 1.29 is 22.4 Å². The first-order chi connectivity index (χ1) is 12.5. The van der Waals surface area contributed by atoms with E-state index in [2.05, 4.69) is 5.32 Å². The first-order valence-electron chi connectivity index (χ1n) is 8.00. The lowest BCUT2D eigenvalue weighted by molar-refractivity contribution is 0.102. The van der Waals surface area contributed by atoms with Crippen molar-refractivity contribution >= 4 is 38.3 Å². The molecule has 26 heavy (non-hydrogen) atoms. The van der Waals surface area contributed by atoms with Crippen LogP contribution in [-0.4, -0.2) is 33.4 Å². The van der Waals surface area contributed by atoms with Gasteiger partial charge in [0.05, 0.1) is 24.3 Å².